The Balaban J connectivity index is 1.47. The smallest absolute Gasteiger partial charge is 0.0782 e. The van der Waals surface area contributed by atoms with Crippen LogP contribution in [0.15, 0.2) is 33.3 Å². The maximum atomic E-state index is 6.49. The highest BCUT2D eigenvalue weighted by Gasteiger charge is 2.35. The van der Waals surface area contributed by atoms with Gasteiger partial charge in [0, 0.05) is 15.1 Å². The van der Waals surface area contributed by atoms with Gasteiger partial charge in [-0.05, 0) is 143 Å². The van der Waals surface area contributed by atoms with Gasteiger partial charge in [0.25, 0.3) is 0 Å². The third-order valence-electron chi connectivity index (χ3n) is 7.36. The highest BCUT2D eigenvalue weighted by atomic mass is 79.9. The number of nitrogens with one attached hydrogen (secondary N) is 1. The first kappa shape index (κ1) is 21.4. The normalized spacial score (nSPS) is 23.6. The lowest BCUT2D eigenvalue weighted by atomic mass is 9.78. The first-order chi connectivity index (χ1) is 14.6. The molecule has 1 atom stereocenters. The van der Waals surface area contributed by atoms with Gasteiger partial charge in [-0.1, -0.05) is 11.6 Å². The molecule has 1 aromatic carbocycles. The van der Waals surface area contributed by atoms with Crippen LogP contribution in [0.1, 0.15) is 54.1 Å². The van der Waals surface area contributed by atoms with E-state index in [4.69, 9.17) is 16.6 Å². The zero-order chi connectivity index (χ0) is 20.7. The minimum Gasteiger partial charge on any atom is -0.317 e. The Kier molecular flexibility index (Phi) is 6.55. The van der Waals surface area contributed by atoms with Crippen LogP contribution in [-0.2, 0) is 12.8 Å². The summed E-state index contributed by atoms with van der Waals surface area (Å²) in [6.07, 6.45) is 9.28. The van der Waals surface area contributed by atoms with E-state index in [1.165, 1.54) is 61.2 Å². The third kappa shape index (κ3) is 4.25. The number of hydrogen-bond donors (Lipinski definition) is 1. The number of fused-ring (bicyclic) bond motifs is 2. The number of pyridine rings is 1. The minimum absolute atomic E-state index is 0.216. The van der Waals surface area contributed by atoms with Crippen molar-refractivity contribution in [3.8, 4) is 0 Å². The molecule has 0 saturated carbocycles. The molecule has 1 aliphatic carbocycles. The number of halogens is 3. The molecule has 30 heavy (non-hydrogen) atoms. The molecule has 0 amide bonds. The molecular weight excluding hydrogens is 526 g/mol. The summed E-state index contributed by atoms with van der Waals surface area (Å²) in [5, 5.41) is 4.32. The van der Waals surface area contributed by atoms with Crippen LogP contribution < -0.4 is 5.32 Å². The molecule has 2 fully saturated rings. The monoisotopic (exact) mass is 551 g/mol. The van der Waals surface area contributed by atoms with E-state index < -0.39 is 0 Å². The zero-order valence-corrected chi connectivity index (χ0v) is 21.1. The average Bonchev–Trinajstić information content (AvgIpc) is 2.91. The highest BCUT2D eigenvalue weighted by Crippen LogP contribution is 2.42. The average molecular weight is 554 g/mol. The minimum atomic E-state index is 0.216. The maximum Gasteiger partial charge on any atom is 0.0782 e. The summed E-state index contributed by atoms with van der Waals surface area (Å²) < 4.78 is 2.05. The summed E-state index contributed by atoms with van der Waals surface area (Å²) >= 11 is 13.8. The summed E-state index contributed by atoms with van der Waals surface area (Å²) in [6.45, 7) is 4.69. The van der Waals surface area contributed by atoms with Crippen LogP contribution in [0, 0.1) is 11.8 Å². The Hall–Kier alpha value is -0.460. The van der Waals surface area contributed by atoms with Crippen LogP contribution in [0.2, 0.25) is 5.02 Å². The van der Waals surface area contributed by atoms with E-state index in [0.29, 0.717) is 0 Å². The van der Waals surface area contributed by atoms with E-state index in [1.807, 2.05) is 6.20 Å². The second kappa shape index (κ2) is 9.19. The molecule has 1 unspecified atom stereocenters. The summed E-state index contributed by atoms with van der Waals surface area (Å²) in [5.41, 5.74) is 5.33. The lowest BCUT2D eigenvalue weighted by molar-refractivity contribution is 0.108. The molecule has 6 heteroatoms. The fourth-order valence-electron chi connectivity index (χ4n) is 5.76. The van der Waals surface area contributed by atoms with Crippen molar-refractivity contribution in [2.45, 2.75) is 44.6 Å². The van der Waals surface area contributed by atoms with Gasteiger partial charge in [-0.3, -0.25) is 9.88 Å². The molecule has 160 valence electrons. The second-order valence-electron chi connectivity index (χ2n) is 9.03. The van der Waals surface area contributed by atoms with E-state index in [1.54, 1.807) is 0 Å². The van der Waals surface area contributed by atoms with Crippen LogP contribution in [-0.4, -0.2) is 36.1 Å². The Morgan fingerprint density at radius 1 is 0.933 bits per heavy atom. The van der Waals surface area contributed by atoms with Gasteiger partial charge >= 0.3 is 0 Å². The molecule has 2 aromatic rings. The third-order valence-corrected chi connectivity index (χ3v) is 8.99. The van der Waals surface area contributed by atoms with Gasteiger partial charge in [0.05, 0.1) is 16.8 Å². The van der Waals surface area contributed by atoms with Gasteiger partial charge in [-0.25, -0.2) is 0 Å². The Bertz CT molecular complexity index is 921. The Labute approximate surface area is 201 Å². The lowest BCUT2D eigenvalue weighted by Crippen LogP contribution is -2.41. The topological polar surface area (TPSA) is 28.2 Å². The van der Waals surface area contributed by atoms with Gasteiger partial charge in [-0.2, -0.15) is 0 Å². The predicted octanol–water partition coefficient (Wildman–Crippen LogP) is 6.16. The van der Waals surface area contributed by atoms with E-state index in [-0.39, 0.29) is 6.04 Å². The van der Waals surface area contributed by atoms with Gasteiger partial charge < -0.3 is 5.32 Å². The van der Waals surface area contributed by atoms with Crippen molar-refractivity contribution < 1.29 is 0 Å². The number of nitrogens with zero attached hydrogens (tertiary/aromatic N) is 2. The van der Waals surface area contributed by atoms with E-state index in [0.717, 1.165) is 51.7 Å². The first-order valence-electron chi connectivity index (χ1n) is 11.2. The zero-order valence-electron chi connectivity index (χ0n) is 17.1. The standard InChI is InChI=1S/C24H28Br2ClN3/c25-19-11-18-2-1-17-12-22(27)21(26)13-20(17)24(23(18)29-14-19)30-9-5-16(6-10-30)15-3-7-28-8-4-15/h11-16,24,28H,1-10H2. The van der Waals surface area contributed by atoms with Crippen molar-refractivity contribution in [2.75, 3.05) is 26.2 Å². The van der Waals surface area contributed by atoms with Crippen LogP contribution >= 0.6 is 43.5 Å². The SMILES string of the molecule is Clc1cc2c(cc1Br)C(N1CCC(C3CCNCC3)CC1)c1ncc(Br)cc1CC2. The number of hydrogen-bond acceptors (Lipinski definition) is 3. The Morgan fingerprint density at radius 3 is 2.40 bits per heavy atom. The summed E-state index contributed by atoms with van der Waals surface area (Å²) in [6, 6.07) is 6.89. The number of aromatic nitrogens is 1. The molecule has 2 aliphatic heterocycles. The predicted molar refractivity (Wildman–Crippen MR) is 130 cm³/mol. The van der Waals surface area contributed by atoms with Gasteiger partial charge in [-0.15, -0.1) is 0 Å². The van der Waals surface area contributed by atoms with Crippen molar-refractivity contribution >= 4 is 43.5 Å². The molecule has 0 bridgehead atoms. The van der Waals surface area contributed by atoms with Crippen LogP contribution in [0.25, 0.3) is 0 Å². The number of rotatable bonds is 2. The fraction of sp³-hybridized carbons (Fsp3) is 0.542. The van der Waals surface area contributed by atoms with Gasteiger partial charge in [0.1, 0.15) is 0 Å². The van der Waals surface area contributed by atoms with Crippen LogP contribution in [0.5, 0.6) is 0 Å². The summed E-state index contributed by atoms with van der Waals surface area (Å²) in [7, 11) is 0. The molecule has 0 radical (unpaired) electrons. The van der Waals surface area contributed by atoms with Crippen molar-refractivity contribution in [1.82, 2.24) is 15.2 Å². The van der Waals surface area contributed by atoms with Gasteiger partial charge in [0.15, 0.2) is 0 Å². The molecule has 0 spiro atoms. The van der Waals surface area contributed by atoms with E-state index >= 15 is 0 Å². The molecular formula is C24H28Br2ClN3. The number of benzene rings is 1. The van der Waals surface area contributed by atoms with Crippen molar-refractivity contribution in [1.29, 1.82) is 0 Å². The Morgan fingerprint density at radius 2 is 1.63 bits per heavy atom. The molecule has 1 N–H and O–H groups in total. The lowest BCUT2D eigenvalue weighted by Gasteiger charge is -2.41. The highest BCUT2D eigenvalue weighted by molar-refractivity contribution is 9.10. The molecule has 2 saturated heterocycles. The van der Waals surface area contributed by atoms with E-state index in [9.17, 15) is 0 Å². The summed E-state index contributed by atoms with van der Waals surface area (Å²) in [5.74, 6) is 1.78. The molecule has 3 aliphatic rings. The van der Waals surface area contributed by atoms with Crippen LogP contribution in [0.4, 0.5) is 0 Å². The van der Waals surface area contributed by atoms with E-state index in [2.05, 4.69) is 60.3 Å². The largest absolute Gasteiger partial charge is 0.317 e. The van der Waals surface area contributed by atoms with Crippen LogP contribution in [0.3, 0.4) is 0 Å². The molecule has 3 heterocycles. The van der Waals surface area contributed by atoms with Crippen molar-refractivity contribution in [3.63, 3.8) is 0 Å². The maximum absolute atomic E-state index is 6.49. The number of aryl methyl sites for hydroxylation is 2. The molecule has 1 aromatic heterocycles. The fourth-order valence-corrected chi connectivity index (χ4v) is 6.69. The number of likely N-dealkylation sites (tertiary alicyclic amines) is 1. The molecule has 3 nitrogen and oxygen atoms in total. The quantitative estimate of drug-likeness (QED) is 0.483. The van der Waals surface area contributed by atoms with Crippen molar-refractivity contribution in [3.05, 3.63) is 60.7 Å². The van der Waals surface area contributed by atoms with Crippen molar-refractivity contribution in [2.24, 2.45) is 11.8 Å². The molecule has 5 rings (SSSR count). The first-order valence-corrected chi connectivity index (χ1v) is 13.1. The summed E-state index contributed by atoms with van der Waals surface area (Å²) in [4.78, 5) is 7.63. The van der Waals surface area contributed by atoms with Gasteiger partial charge in [0.2, 0.25) is 0 Å². The second-order valence-corrected chi connectivity index (χ2v) is 11.2. The number of piperidine rings is 2.